The summed E-state index contributed by atoms with van der Waals surface area (Å²) in [7, 11) is 0. The molecule has 3 heterocycles. The number of aryl methyl sites for hydroxylation is 1. The van der Waals surface area contributed by atoms with Gasteiger partial charge in [0.25, 0.3) is 0 Å². The Bertz CT molecular complexity index is 751. The number of piperazine rings is 1. The molecule has 132 valence electrons. The molecule has 1 unspecified atom stereocenters. The average Bonchev–Trinajstić information content (AvgIpc) is 3.10. The van der Waals surface area contributed by atoms with Gasteiger partial charge in [-0.15, -0.1) is 0 Å². The number of hydrogen-bond donors (Lipinski definition) is 0. The van der Waals surface area contributed by atoms with Gasteiger partial charge in [0.1, 0.15) is 5.71 Å². The number of anilines is 1. The molecule has 1 fully saturated rings. The summed E-state index contributed by atoms with van der Waals surface area (Å²) in [6, 6.07) is 11.1. The third kappa shape index (κ3) is 3.23. The minimum atomic E-state index is 0.444. The molecule has 0 spiro atoms. The van der Waals surface area contributed by atoms with E-state index in [1.165, 1.54) is 36.2 Å². The summed E-state index contributed by atoms with van der Waals surface area (Å²) < 4.78 is 5.69. The SMILES string of the molecule is CCCCN1CCN2c3ccc(C)cc3C(c3ccco3)=NCC2C1. The number of fused-ring (bicyclic) bond motifs is 3. The van der Waals surface area contributed by atoms with Crippen molar-refractivity contribution in [2.24, 2.45) is 4.99 Å². The number of furan rings is 1. The summed E-state index contributed by atoms with van der Waals surface area (Å²) in [5.41, 5.74) is 4.77. The third-order valence-electron chi connectivity index (χ3n) is 5.33. The summed E-state index contributed by atoms with van der Waals surface area (Å²) in [6.07, 6.45) is 4.27. The molecule has 4 nitrogen and oxygen atoms in total. The molecule has 0 amide bonds. The monoisotopic (exact) mass is 337 g/mol. The van der Waals surface area contributed by atoms with Crippen LogP contribution >= 0.6 is 0 Å². The number of benzene rings is 1. The van der Waals surface area contributed by atoms with Crippen LogP contribution in [0.25, 0.3) is 0 Å². The second-order valence-electron chi connectivity index (χ2n) is 7.19. The Kier molecular flexibility index (Phi) is 4.62. The van der Waals surface area contributed by atoms with Gasteiger partial charge in [-0.2, -0.15) is 0 Å². The first-order chi connectivity index (χ1) is 12.3. The molecule has 2 aliphatic rings. The lowest BCUT2D eigenvalue weighted by Gasteiger charge is -2.42. The molecule has 2 aromatic rings. The van der Waals surface area contributed by atoms with Gasteiger partial charge < -0.3 is 9.32 Å². The Balaban J connectivity index is 1.69. The quantitative estimate of drug-likeness (QED) is 0.852. The van der Waals surface area contributed by atoms with Crippen molar-refractivity contribution in [2.45, 2.75) is 32.7 Å². The number of hydrogen-bond acceptors (Lipinski definition) is 4. The van der Waals surface area contributed by atoms with Gasteiger partial charge in [-0.05, 0) is 44.2 Å². The van der Waals surface area contributed by atoms with E-state index >= 15 is 0 Å². The Labute approximate surface area is 150 Å². The molecule has 2 aliphatic heterocycles. The normalized spacial score (nSPS) is 20.6. The highest BCUT2D eigenvalue weighted by molar-refractivity contribution is 6.15. The van der Waals surface area contributed by atoms with Crippen LogP contribution in [0.1, 0.15) is 36.7 Å². The molecule has 0 aliphatic carbocycles. The van der Waals surface area contributed by atoms with Gasteiger partial charge in [0.05, 0.1) is 18.8 Å². The van der Waals surface area contributed by atoms with Gasteiger partial charge in [-0.1, -0.05) is 25.0 Å². The molecular weight excluding hydrogens is 310 g/mol. The van der Waals surface area contributed by atoms with Crippen molar-refractivity contribution in [2.75, 3.05) is 37.6 Å². The summed E-state index contributed by atoms with van der Waals surface area (Å²) >= 11 is 0. The third-order valence-corrected chi connectivity index (χ3v) is 5.33. The maximum Gasteiger partial charge on any atom is 0.152 e. The highest BCUT2D eigenvalue weighted by atomic mass is 16.3. The first-order valence-corrected chi connectivity index (χ1v) is 9.44. The summed E-state index contributed by atoms with van der Waals surface area (Å²) in [5, 5.41) is 0. The predicted molar refractivity (Wildman–Crippen MR) is 103 cm³/mol. The number of nitrogens with zero attached hydrogens (tertiary/aromatic N) is 3. The van der Waals surface area contributed by atoms with Crippen LogP contribution in [0.2, 0.25) is 0 Å². The summed E-state index contributed by atoms with van der Waals surface area (Å²) in [4.78, 5) is 10.2. The van der Waals surface area contributed by atoms with Crippen LogP contribution < -0.4 is 4.90 Å². The predicted octanol–water partition coefficient (Wildman–Crippen LogP) is 3.73. The van der Waals surface area contributed by atoms with Crippen molar-refractivity contribution < 1.29 is 4.42 Å². The van der Waals surface area contributed by atoms with Crippen LogP contribution in [0.5, 0.6) is 0 Å². The zero-order chi connectivity index (χ0) is 17.2. The lowest BCUT2D eigenvalue weighted by molar-refractivity contribution is 0.222. The van der Waals surface area contributed by atoms with Gasteiger partial charge in [0, 0.05) is 30.9 Å². The molecule has 1 atom stereocenters. The lowest BCUT2D eigenvalue weighted by Crippen LogP contribution is -2.54. The zero-order valence-electron chi connectivity index (χ0n) is 15.2. The van der Waals surface area contributed by atoms with Crippen molar-refractivity contribution in [3.63, 3.8) is 0 Å². The number of rotatable bonds is 4. The van der Waals surface area contributed by atoms with E-state index in [4.69, 9.17) is 9.41 Å². The first-order valence-electron chi connectivity index (χ1n) is 9.44. The average molecular weight is 337 g/mol. The van der Waals surface area contributed by atoms with E-state index in [1.54, 1.807) is 6.26 Å². The van der Waals surface area contributed by atoms with Gasteiger partial charge in [0.15, 0.2) is 5.76 Å². The van der Waals surface area contributed by atoms with E-state index < -0.39 is 0 Å². The molecule has 0 saturated carbocycles. The summed E-state index contributed by atoms with van der Waals surface area (Å²) in [5.74, 6) is 0.870. The van der Waals surface area contributed by atoms with Gasteiger partial charge in [-0.25, -0.2) is 0 Å². The molecule has 4 heteroatoms. The van der Waals surface area contributed by atoms with E-state index in [9.17, 15) is 0 Å². The molecule has 1 saturated heterocycles. The minimum Gasteiger partial charge on any atom is -0.463 e. The van der Waals surface area contributed by atoms with Crippen LogP contribution in [0, 0.1) is 6.92 Å². The van der Waals surface area contributed by atoms with Crippen LogP contribution in [0.3, 0.4) is 0 Å². The fourth-order valence-corrected chi connectivity index (χ4v) is 3.97. The molecule has 1 aromatic heterocycles. The minimum absolute atomic E-state index is 0.444. The van der Waals surface area contributed by atoms with Crippen LogP contribution in [-0.2, 0) is 0 Å². The van der Waals surface area contributed by atoms with Crippen molar-refractivity contribution in [3.8, 4) is 0 Å². The molecular formula is C21H27N3O. The standard InChI is InChI=1S/C21H27N3O/c1-3-4-9-23-10-11-24-17(15-23)14-22-21(20-6-5-12-25-20)18-13-16(2)7-8-19(18)24/h5-8,12-13,17H,3-4,9-11,14-15H2,1-2H3. The van der Waals surface area contributed by atoms with Crippen molar-refractivity contribution >= 4 is 11.4 Å². The van der Waals surface area contributed by atoms with Crippen molar-refractivity contribution in [1.82, 2.24) is 4.90 Å². The highest BCUT2D eigenvalue weighted by Gasteiger charge is 2.31. The second-order valence-corrected chi connectivity index (χ2v) is 7.19. The van der Waals surface area contributed by atoms with Crippen molar-refractivity contribution in [1.29, 1.82) is 0 Å². The Morgan fingerprint density at radius 2 is 2.16 bits per heavy atom. The maximum atomic E-state index is 5.69. The molecule has 1 aromatic carbocycles. The van der Waals surface area contributed by atoms with Crippen LogP contribution in [0.15, 0.2) is 46.0 Å². The molecule has 0 N–H and O–H groups in total. The first kappa shape index (κ1) is 16.4. The van der Waals surface area contributed by atoms with Gasteiger partial charge in [0.2, 0.25) is 0 Å². The number of unbranched alkanes of at least 4 members (excludes halogenated alkanes) is 1. The van der Waals surface area contributed by atoms with E-state index in [1.807, 2.05) is 12.1 Å². The Hall–Kier alpha value is -2.07. The number of aliphatic imine (C=N–C) groups is 1. The van der Waals surface area contributed by atoms with Crippen LogP contribution in [-0.4, -0.2) is 49.4 Å². The van der Waals surface area contributed by atoms with E-state index in [2.05, 4.69) is 41.8 Å². The van der Waals surface area contributed by atoms with Gasteiger partial charge in [-0.3, -0.25) is 9.89 Å². The second kappa shape index (κ2) is 7.04. The zero-order valence-corrected chi connectivity index (χ0v) is 15.2. The fraction of sp³-hybridized carbons (Fsp3) is 0.476. The fourth-order valence-electron chi connectivity index (χ4n) is 3.97. The van der Waals surface area contributed by atoms with Crippen LogP contribution in [0.4, 0.5) is 5.69 Å². The maximum absolute atomic E-state index is 5.69. The van der Waals surface area contributed by atoms with E-state index in [0.717, 1.165) is 37.7 Å². The molecule has 0 bridgehead atoms. The largest absolute Gasteiger partial charge is 0.463 e. The summed E-state index contributed by atoms with van der Waals surface area (Å²) in [6.45, 7) is 9.75. The Morgan fingerprint density at radius 1 is 1.24 bits per heavy atom. The van der Waals surface area contributed by atoms with E-state index in [0.29, 0.717) is 6.04 Å². The molecule has 25 heavy (non-hydrogen) atoms. The Morgan fingerprint density at radius 3 is 2.96 bits per heavy atom. The van der Waals surface area contributed by atoms with Crippen molar-refractivity contribution in [3.05, 3.63) is 53.5 Å². The lowest BCUT2D eigenvalue weighted by atomic mass is 10.0. The van der Waals surface area contributed by atoms with Gasteiger partial charge >= 0.3 is 0 Å². The van der Waals surface area contributed by atoms with E-state index in [-0.39, 0.29) is 0 Å². The molecule has 0 radical (unpaired) electrons. The highest BCUT2D eigenvalue weighted by Crippen LogP contribution is 2.31. The molecule has 4 rings (SSSR count). The topological polar surface area (TPSA) is 32.0 Å². The smallest absolute Gasteiger partial charge is 0.152 e.